The average molecular weight is 394 g/mol. The number of fused-ring (bicyclic) bond motifs is 3. The lowest BCUT2D eigenvalue weighted by atomic mass is 9.79. The molecule has 0 fully saturated rings. The van der Waals surface area contributed by atoms with Gasteiger partial charge >= 0.3 is 0 Å². The predicted molar refractivity (Wildman–Crippen MR) is 130 cm³/mol. The lowest BCUT2D eigenvalue weighted by Crippen LogP contribution is -2.13. The van der Waals surface area contributed by atoms with Crippen molar-refractivity contribution in [2.24, 2.45) is 0 Å². The van der Waals surface area contributed by atoms with Crippen LogP contribution in [-0.2, 0) is 5.41 Å². The number of hydrogen-bond donors (Lipinski definition) is 0. The molecule has 0 bridgehead atoms. The molecule has 0 amide bonds. The second-order valence-corrected chi connectivity index (χ2v) is 8.82. The van der Waals surface area contributed by atoms with Crippen molar-refractivity contribution in [1.29, 1.82) is 0 Å². The summed E-state index contributed by atoms with van der Waals surface area (Å²) in [4.78, 5) is 0. The quantitative estimate of drug-likeness (QED) is 0.286. The maximum atomic E-state index is 8.73. The van der Waals surface area contributed by atoms with Crippen LogP contribution < -0.4 is 0 Å². The van der Waals surface area contributed by atoms with Gasteiger partial charge in [0.2, 0.25) is 0 Å². The zero-order valence-electron chi connectivity index (χ0n) is 21.8. The fraction of sp³-hybridized carbons (Fsp3) is 0.172. The van der Waals surface area contributed by atoms with Gasteiger partial charge in [-0.05, 0) is 53.3 Å². The van der Waals surface area contributed by atoms with E-state index in [-0.39, 0.29) is 29.6 Å². The highest BCUT2D eigenvalue weighted by molar-refractivity contribution is 6.13. The molecule has 0 aliphatic heterocycles. The third kappa shape index (κ3) is 2.93. The summed E-state index contributed by atoms with van der Waals surface area (Å²) in [6.07, 6.45) is 0. The molecule has 0 spiro atoms. The number of benzene rings is 4. The number of para-hydroxylation sites is 2. The van der Waals surface area contributed by atoms with Crippen molar-refractivity contribution in [3.63, 3.8) is 0 Å². The molecule has 148 valence electrons. The van der Waals surface area contributed by atoms with E-state index < -0.39 is 0 Å². The Morgan fingerprint density at radius 1 is 0.733 bits per heavy atom. The van der Waals surface area contributed by atoms with Gasteiger partial charge in [0, 0.05) is 16.5 Å². The molecule has 1 heteroatoms. The molecule has 0 N–H and O–H groups in total. The van der Waals surface area contributed by atoms with E-state index in [0.717, 1.165) is 38.6 Å². The summed E-state index contributed by atoms with van der Waals surface area (Å²) >= 11 is 0. The van der Waals surface area contributed by atoms with Gasteiger partial charge in [-0.25, -0.2) is 0 Å². The highest BCUT2D eigenvalue weighted by Crippen LogP contribution is 2.43. The van der Waals surface area contributed by atoms with Crippen LogP contribution in [0.1, 0.15) is 37.4 Å². The van der Waals surface area contributed by atoms with E-state index >= 15 is 0 Å². The highest BCUT2D eigenvalue weighted by atomic mass is 15.0. The molecule has 0 radical (unpaired) electrons. The minimum absolute atomic E-state index is 0.00940. The van der Waals surface area contributed by atoms with Crippen molar-refractivity contribution in [2.45, 2.75) is 33.1 Å². The maximum Gasteiger partial charge on any atom is 0.0629 e. The Morgan fingerprint density at radius 2 is 1.40 bits per heavy atom. The predicted octanol–water partition coefficient (Wildman–Crippen LogP) is 8.06. The summed E-state index contributed by atoms with van der Waals surface area (Å²) < 4.78 is 36.5. The van der Waals surface area contributed by atoms with Crippen molar-refractivity contribution < 1.29 is 5.48 Å². The molecule has 0 saturated carbocycles. The van der Waals surface area contributed by atoms with E-state index in [1.54, 1.807) is 6.92 Å². The molecule has 0 saturated heterocycles. The summed E-state index contributed by atoms with van der Waals surface area (Å²) in [5.74, 6) is 0. The first-order valence-corrected chi connectivity index (χ1v) is 10.3. The Kier molecular flexibility index (Phi) is 3.36. The Balaban J connectivity index is 2.01. The largest absolute Gasteiger partial charge is 0.309 e. The van der Waals surface area contributed by atoms with E-state index in [0.29, 0.717) is 11.1 Å². The number of nitrogens with zero attached hydrogens (tertiary/aromatic N) is 1. The monoisotopic (exact) mass is 393 g/mol. The van der Waals surface area contributed by atoms with Crippen LogP contribution in [-0.4, -0.2) is 4.57 Å². The van der Waals surface area contributed by atoms with Gasteiger partial charge < -0.3 is 4.57 Å². The summed E-state index contributed by atoms with van der Waals surface area (Å²) in [6.45, 7) is 8.07. The molecule has 1 nitrogen and oxygen atoms in total. The van der Waals surface area contributed by atoms with Crippen molar-refractivity contribution in [3.05, 3.63) is 102 Å². The van der Waals surface area contributed by atoms with Crippen LogP contribution in [0.5, 0.6) is 0 Å². The Hall–Kier alpha value is -3.32. The molecule has 5 rings (SSSR count). The molecule has 0 atom stereocenters. The summed E-state index contributed by atoms with van der Waals surface area (Å²) in [5, 5.41) is 2.19. The molecule has 0 unspecified atom stereocenters. The topological polar surface area (TPSA) is 4.93 Å². The molecule has 1 heterocycles. The van der Waals surface area contributed by atoms with Crippen molar-refractivity contribution >= 4 is 21.8 Å². The number of rotatable bonds is 2. The molecular weight excluding hydrogens is 362 g/mol. The lowest BCUT2D eigenvalue weighted by Gasteiger charge is -2.25. The van der Waals surface area contributed by atoms with Crippen LogP contribution in [0.3, 0.4) is 0 Å². The first-order chi connectivity index (χ1) is 16.1. The fourth-order valence-electron chi connectivity index (χ4n) is 4.41. The maximum absolute atomic E-state index is 8.73. The van der Waals surface area contributed by atoms with Crippen molar-refractivity contribution in [2.75, 3.05) is 0 Å². The van der Waals surface area contributed by atoms with E-state index in [9.17, 15) is 0 Å². The van der Waals surface area contributed by atoms with E-state index in [1.807, 2.05) is 36.4 Å². The van der Waals surface area contributed by atoms with Gasteiger partial charge in [0.25, 0.3) is 0 Å². The van der Waals surface area contributed by atoms with Gasteiger partial charge in [0.15, 0.2) is 0 Å². The Morgan fingerprint density at radius 3 is 2.10 bits per heavy atom. The third-order valence-corrected chi connectivity index (χ3v) is 5.62. The molecule has 0 aliphatic carbocycles. The zero-order valence-corrected chi connectivity index (χ0v) is 17.8. The van der Waals surface area contributed by atoms with Crippen LogP contribution in [0.25, 0.3) is 38.6 Å². The van der Waals surface area contributed by atoms with Crippen LogP contribution in [0.15, 0.2) is 90.9 Å². The summed E-state index contributed by atoms with van der Waals surface area (Å²) in [7, 11) is 0. The van der Waals surface area contributed by atoms with Gasteiger partial charge in [0.1, 0.15) is 0 Å². The Labute approximate surface area is 184 Å². The van der Waals surface area contributed by atoms with Crippen molar-refractivity contribution in [3.8, 4) is 16.8 Å². The number of hydrogen-bond acceptors (Lipinski definition) is 0. The first-order valence-electron chi connectivity index (χ1n) is 12.3. The highest BCUT2D eigenvalue weighted by Gasteiger charge is 2.25. The van der Waals surface area contributed by atoms with Gasteiger partial charge in [-0.3, -0.25) is 0 Å². The second-order valence-electron chi connectivity index (χ2n) is 8.82. The lowest BCUT2D eigenvalue weighted by molar-refractivity contribution is 0.598. The molecule has 4 aromatic carbocycles. The van der Waals surface area contributed by atoms with Gasteiger partial charge in [-0.15, -0.1) is 0 Å². The van der Waals surface area contributed by atoms with Crippen LogP contribution in [0, 0.1) is 6.92 Å². The summed E-state index contributed by atoms with van der Waals surface area (Å²) in [6, 6.07) is 22.7. The van der Waals surface area contributed by atoms with E-state index in [4.69, 9.17) is 5.48 Å². The summed E-state index contributed by atoms with van der Waals surface area (Å²) in [5.41, 5.74) is 5.43. The van der Waals surface area contributed by atoms with Crippen LogP contribution >= 0.6 is 0 Å². The van der Waals surface area contributed by atoms with E-state index in [2.05, 4.69) is 55.7 Å². The molecule has 5 aromatic rings. The smallest absolute Gasteiger partial charge is 0.0629 e. The van der Waals surface area contributed by atoms with Crippen LogP contribution in [0.2, 0.25) is 0 Å². The molecule has 30 heavy (non-hydrogen) atoms. The van der Waals surface area contributed by atoms with Crippen molar-refractivity contribution in [1.82, 2.24) is 4.57 Å². The minimum atomic E-state index is -0.311. The number of aromatic nitrogens is 1. The van der Waals surface area contributed by atoms with E-state index in [1.165, 1.54) is 0 Å². The van der Waals surface area contributed by atoms with Gasteiger partial charge in [-0.2, -0.15) is 0 Å². The molecule has 0 aliphatic rings. The average Bonchev–Trinajstić information content (AvgIpc) is 3.15. The fourth-order valence-corrected chi connectivity index (χ4v) is 4.41. The zero-order chi connectivity index (χ0) is 24.4. The second kappa shape index (κ2) is 6.88. The van der Waals surface area contributed by atoms with Gasteiger partial charge in [-0.1, -0.05) is 93.0 Å². The standard InChI is InChI=1S/C29H27N/c1-20-14-16-21(17-15-20)23-18-19-26-27(28(23)29(2,3)4)24-12-8-9-13-25(24)30(26)22-10-6-5-7-11-22/h5-19H,1-4H3/i14D,15D,16D,17D. The third-order valence-electron chi connectivity index (χ3n) is 5.62. The normalized spacial score (nSPS) is 13.9. The molecule has 1 aromatic heterocycles. The molecular formula is C29H27N. The SMILES string of the molecule is [2H]c1c([2H])c(-c2ccc3c(c2C(C)(C)C)c2ccccc2n3-c2ccccc2)c([2H])c([2H])c1C. The first kappa shape index (κ1) is 14.6. The minimum Gasteiger partial charge on any atom is -0.309 e. The Bertz CT molecular complexity index is 1540. The van der Waals surface area contributed by atoms with Crippen LogP contribution in [0.4, 0.5) is 0 Å². The van der Waals surface area contributed by atoms with Gasteiger partial charge in [0.05, 0.1) is 16.5 Å².